The number of nitrogens with one attached hydrogen (secondary N) is 1. The maximum absolute atomic E-state index is 13.1. The van der Waals surface area contributed by atoms with Crippen LogP contribution in [-0.4, -0.2) is 35.4 Å². The Hall–Kier alpha value is -3.87. The fourth-order valence-electron chi connectivity index (χ4n) is 4.01. The molecule has 150 valence electrons. The maximum Gasteiger partial charge on any atom is 0.349 e. The molecule has 1 amide bonds. The SMILES string of the molecule is COC(=O)c1ccc2[nH]c3c(c2c1)CN(C(=O)c1cc2ccccc2oc1=O)CC3. The minimum absolute atomic E-state index is 0.0206. The van der Waals surface area contributed by atoms with E-state index in [4.69, 9.17) is 9.15 Å². The van der Waals surface area contributed by atoms with E-state index in [2.05, 4.69) is 4.98 Å². The zero-order valence-electron chi connectivity index (χ0n) is 16.2. The number of aromatic nitrogens is 1. The van der Waals surface area contributed by atoms with Gasteiger partial charge < -0.3 is 19.0 Å². The van der Waals surface area contributed by atoms with Gasteiger partial charge in [0.25, 0.3) is 5.91 Å². The van der Waals surface area contributed by atoms with E-state index in [0.29, 0.717) is 36.0 Å². The van der Waals surface area contributed by atoms with E-state index in [9.17, 15) is 14.4 Å². The molecule has 30 heavy (non-hydrogen) atoms. The van der Waals surface area contributed by atoms with Gasteiger partial charge in [-0.1, -0.05) is 18.2 Å². The lowest BCUT2D eigenvalue weighted by Crippen LogP contribution is -2.37. The molecule has 1 N–H and O–H groups in total. The molecule has 0 saturated heterocycles. The summed E-state index contributed by atoms with van der Waals surface area (Å²) in [6.45, 7) is 0.819. The van der Waals surface area contributed by atoms with Crippen molar-refractivity contribution in [3.8, 4) is 0 Å². The second-order valence-electron chi connectivity index (χ2n) is 7.30. The largest absolute Gasteiger partial charge is 0.465 e. The lowest BCUT2D eigenvalue weighted by molar-refractivity contribution is 0.0600. The van der Waals surface area contributed by atoms with E-state index in [-0.39, 0.29) is 11.5 Å². The van der Waals surface area contributed by atoms with Crippen molar-refractivity contribution in [3.63, 3.8) is 0 Å². The Morgan fingerprint density at radius 3 is 2.80 bits per heavy atom. The summed E-state index contributed by atoms with van der Waals surface area (Å²) in [6, 6.07) is 14.0. The van der Waals surface area contributed by atoms with Crippen molar-refractivity contribution in [2.45, 2.75) is 13.0 Å². The predicted octanol–water partition coefficient (Wildman–Crippen LogP) is 3.26. The molecule has 0 radical (unpaired) electrons. The third-order valence-electron chi connectivity index (χ3n) is 5.56. The number of hydrogen-bond donors (Lipinski definition) is 1. The molecular weight excluding hydrogens is 384 g/mol. The molecule has 5 rings (SSSR count). The zero-order valence-corrected chi connectivity index (χ0v) is 16.2. The Morgan fingerprint density at radius 1 is 1.13 bits per heavy atom. The Bertz CT molecular complexity index is 1380. The maximum atomic E-state index is 13.1. The first kappa shape index (κ1) is 18.2. The molecule has 2 aromatic carbocycles. The molecule has 4 aromatic rings. The second-order valence-corrected chi connectivity index (χ2v) is 7.30. The Kier molecular flexibility index (Phi) is 4.17. The van der Waals surface area contributed by atoms with E-state index < -0.39 is 11.6 Å². The van der Waals surface area contributed by atoms with Gasteiger partial charge in [-0.3, -0.25) is 4.79 Å². The average molecular weight is 402 g/mol. The van der Waals surface area contributed by atoms with Crippen LogP contribution in [-0.2, 0) is 17.7 Å². The van der Waals surface area contributed by atoms with Gasteiger partial charge in [-0.2, -0.15) is 0 Å². The van der Waals surface area contributed by atoms with Crippen molar-refractivity contribution in [2.24, 2.45) is 0 Å². The molecule has 0 fully saturated rings. The highest BCUT2D eigenvalue weighted by atomic mass is 16.5. The van der Waals surface area contributed by atoms with Gasteiger partial charge in [-0.25, -0.2) is 9.59 Å². The van der Waals surface area contributed by atoms with Crippen LogP contribution in [0.2, 0.25) is 0 Å². The van der Waals surface area contributed by atoms with Gasteiger partial charge >= 0.3 is 11.6 Å². The predicted molar refractivity (Wildman–Crippen MR) is 111 cm³/mol. The number of methoxy groups -OCH3 is 1. The molecule has 0 aliphatic carbocycles. The minimum atomic E-state index is -0.642. The van der Waals surface area contributed by atoms with Crippen LogP contribution in [0.5, 0.6) is 0 Å². The molecule has 7 heteroatoms. The first-order valence-corrected chi connectivity index (χ1v) is 9.59. The molecule has 3 heterocycles. The molecule has 1 aliphatic heterocycles. The topological polar surface area (TPSA) is 92.6 Å². The normalized spacial score (nSPS) is 13.4. The quantitative estimate of drug-likeness (QED) is 0.410. The number of fused-ring (bicyclic) bond motifs is 4. The summed E-state index contributed by atoms with van der Waals surface area (Å²) in [5.74, 6) is -0.775. The molecular formula is C23H18N2O5. The van der Waals surface area contributed by atoms with Crippen molar-refractivity contribution in [3.05, 3.63) is 81.3 Å². The first-order valence-electron chi connectivity index (χ1n) is 9.59. The highest BCUT2D eigenvalue weighted by Crippen LogP contribution is 2.29. The number of nitrogens with zero attached hydrogens (tertiary/aromatic N) is 1. The number of esters is 1. The number of carbonyl (C=O) groups excluding carboxylic acids is 2. The Morgan fingerprint density at radius 2 is 1.97 bits per heavy atom. The van der Waals surface area contributed by atoms with E-state index in [1.165, 1.54) is 7.11 Å². The van der Waals surface area contributed by atoms with Gasteiger partial charge in [0.05, 0.1) is 12.7 Å². The summed E-state index contributed by atoms with van der Waals surface area (Å²) in [5.41, 5.74) is 3.15. The standard InChI is InChI=1S/C23H18N2O5/c1-29-22(27)14-6-7-18-15(11-14)17-12-25(9-8-19(17)24-18)21(26)16-10-13-4-2-3-5-20(13)30-23(16)28/h2-7,10-11,24H,8-9,12H2,1H3. The summed E-state index contributed by atoms with van der Waals surface area (Å²) in [4.78, 5) is 42.5. The highest BCUT2D eigenvalue weighted by Gasteiger charge is 2.27. The number of para-hydroxylation sites is 1. The van der Waals surface area contributed by atoms with E-state index in [1.807, 2.05) is 12.1 Å². The van der Waals surface area contributed by atoms with Gasteiger partial charge in [-0.15, -0.1) is 0 Å². The molecule has 2 aromatic heterocycles. The van der Waals surface area contributed by atoms with Gasteiger partial charge in [0.1, 0.15) is 11.1 Å². The summed E-state index contributed by atoms with van der Waals surface area (Å²) < 4.78 is 10.1. The third-order valence-corrected chi connectivity index (χ3v) is 5.56. The van der Waals surface area contributed by atoms with E-state index >= 15 is 0 Å². The number of carbonyl (C=O) groups is 2. The molecule has 1 aliphatic rings. The Balaban J connectivity index is 1.52. The van der Waals surface area contributed by atoms with Crippen LogP contribution in [0.15, 0.2) is 57.7 Å². The van der Waals surface area contributed by atoms with Gasteiger partial charge in [0.15, 0.2) is 0 Å². The van der Waals surface area contributed by atoms with Gasteiger partial charge in [-0.05, 0) is 30.3 Å². The fraction of sp³-hybridized carbons (Fsp3) is 0.174. The molecule has 0 unspecified atom stereocenters. The monoisotopic (exact) mass is 402 g/mol. The molecule has 0 spiro atoms. The lowest BCUT2D eigenvalue weighted by Gasteiger charge is -2.27. The van der Waals surface area contributed by atoms with Gasteiger partial charge in [0, 0.05) is 47.1 Å². The van der Waals surface area contributed by atoms with Crippen LogP contribution in [0.1, 0.15) is 32.0 Å². The van der Waals surface area contributed by atoms with Gasteiger partial charge in [0.2, 0.25) is 0 Å². The van der Waals surface area contributed by atoms with Crippen molar-refractivity contribution in [1.29, 1.82) is 0 Å². The van der Waals surface area contributed by atoms with Crippen LogP contribution in [0, 0.1) is 0 Å². The summed E-state index contributed by atoms with van der Waals surface area (Å²) in [7, 11) is 1.34. The van der Waals surface area contributed by atoms with Crippen LogP contribution in [0.25, 0.3) is 21.9 Å². The third kappa shape index (κ3) is 2.86. The molecule has 0 bridgehead atoms. The highest BCUT2D eigenvalue weighted by molar-refractivity contribution is 5.98. The van der Waals surface area contributed by atoms with E-state index in [0.717, 1.165) is 22.2 Å². The molecule has 0 atom stereocenters. The van der Waals surface area contributed by atoms with Crippen LogP contribution >= 0.6 is 0 Å². The summed E-state index contributed by atoms with van der Waals surface area (Å²) in [6.07, 6.45) is 0.627. The molecule has 7 nitrogen and oxygen atoms in total. The van der Waals surface area contributed by atoms with E-state index in [1.54, 1.807) is 41.3 Å². The van der Waals surface area contributed by atoms with Crippen molar-refractivity contribution < 1.29 is 18.7 Å². The van der Waals surface area contributed by atoms with Crippen molar-refractivity contribution in [2.75, 3.05) is 13.7 Å². The number of amides is 1. The number of ether oxygens (including phenoxy) is 1. The average Bonchev–Trinajstić information content (AvgIpc) is 3.14. The second kappa shape index (κ2) is 6.88. The van der Waals surface area contributed by atoms with Crippen LogP contribution in [0.3, 0.4) is 0 Å². The smallest absolute Gasteiger partial charge is 0.349 e. The first-order chi connectivity index (χ1) is 14.5. The van der Waals surface area contributed by atoms with Crippen LogP contribution < -0.4 is 5.63 Å². The van der Waals surface area contributed by atoms with Crippen molar-refractivity contribution in [1.82, 2.24) is 9.88 Å². The summed E-state index contributed by atoms with van der Waals surface area (Å²) >= 11 is 0. The summed E-state index contributed by atoms with van der Waals surface area (Å²) in [5, 5.41) is 1.57. The molecule has 0 saturated carbocycles. The zero-order chi connectivity index (χ0) is 20.8. The lowest BCUT2D eigenvalue weighted by atomic mass is 10.0. The number of hydrogen-bond acceptors (Lipinski definition) is 5. The number of rotatable bonds is 2. The number of aromatic amines is 1. The Labute approximate surface area is 170 Å². The van der Waals surface area contributed by atoms with Crippen molar-refractivity contribution >= 4 is 33.7 Å². The number of benzene rings is 2. The number of H-pyrrole nitrogens is 1. The fourth-order valence-corrected chi connectivity index (χ4v) is 4.01. The minimum Gasteiger partial charge on any atom is -0.465 e. The van der Waals surface area contributed by atoms with Crippen LogP contribution in [0.4, 0.5) is 0 Å².